The van der Waals surface area contributed by atoms with Crippen LogP contribution in [0.25, 0.3) is 0 Å². The minimum atomic E-state index is 0. The van der Waals surface area contributed by atoms with Crippen molar-refractivity contribution in [2.75, 3.05) is 6.61 Å². The van der Waals surface area contributed by atoms with Crippen LogP contribution >= 0.6 is 12.4 Å². The number of rotatable bonds is 5. The lowest BCUT2D eigenvalue weighted by Crippen LogP contribution is -2.51. The zero-order valence-corrected chi connectivity index (χ0v) is 10.4. The minimum Gasteiger partial charge on any atom is -0.449 e. The van der Waals surface area contributed by atoms with E-state index < -0.39 is 0 Å². The molecule has 94 valence electrons. The number of halogens is 1. The van der Waals surface area contributed by atoms with Crippen LogP contribution in [0.1, 0.15) is 37.2 Å². The second-order valence-corrected chi connectivity index (χ2v) is 4.34. The molecule has 17 heavy (non-hydrogen) atoms. The average Bonchev–Trinajstić information content (AvgIpc) is 2.70. The maximum absolute atomic E-state index is 9.00. The number of nitrogens with one attached hydrogen (secondary N) is 1. The number of nitriles is 1. The molecule has 0 aliphatic heterocycles. The summed E-state index contributed by atoms with van der Waals surface area (Å²) in [6.45, 7) is 0.844. The van der Waals surface area contributed by atoms with Crippen LogP contribution in [-0.2, 0) is 6.54 Å². The molecule has 1 heterocycles. The van der Waals surface area contributed by atoms with Crippen LogP contribution in [0, 0.1) is 11.3 Å². The molecule has 2 N–H and O–H groups in total. The first-order valence-corrected chi connectivity index (χ1v) is 5.63. The van der Waals surface area contributed by atoms with Gasteiger partial charge in [0.2, 0.25) is 5.76 Å². The largest absolute Gasteiger partial charge is 0.449 e. The molecule has 0 amide bonds. The molecule has 0 bridgehead atoms. The number of aliphatic hydroxyl groups is 1. The first-order valence-electron chi connectivity index (χ1n) is 5.63. The number of aliphatic hydroxyl groups excluding tert-OH is 1. The van der Waals surface area contributed by atoms with Gasteiger partial charge in [-0.15, -0.1) is 12.4 Å². The van der Waals surface area contributed by atoms with E-state index in [0.717, 1.165) is 25.0 Å². The van der Waals surface area contributed by atoms with E-state index in [1.54, 1.807) is 6.07 Å². The van der Waals surface area contributed by atoms with Gasteiger partial charge in [-0.3, -0.25) is 0 Å². The quantitative estimate of drug-likeness (QED) is 0.845. The van der Waals surface area contributed by atoms with Crippen molar-refractivity contribution in [3.63, 3.8) is 0 Å². The van der Waals surface area contributed by atoms with Crippen LogP contribution in [0.2, 0.25) is 0 Å². The van der Waals surface area contributed by atoms with Crippen molar-refractivity contribution in [1.82, 2.24) is 5.32 Å². The van der Waals surface area contributed by atoms with Gasteiger partial charge in [-0.2, -0.15) is 5.26 Å². The lowest BCUT2D eigenvalue weighted by molar-refractivity contribution is 0.127. The van der Waals surface area contributed by atoms with Crippen LogP contribution in [-0.4, -0.2) is 17.3 Å². The molecule has 1 aliphatic rings. The summed E-state index contributed by atoms with van der Waals surface area (Å²) in [5, 5.41) is 21.0. The van der Waals surface area contributed by atoms with Crippen molar-refractivity contribution in [2.24, 2.45) is 0 Å². The maximum atomic E-state index is 9.00. The van der Waals surface area contributed by atoms with Crippen molar-refractivity contribution in [2.45, 2.75) is 37.8 Å². The summed E-state index contributed by atoms with van der Waals surface area (Å²) in [5.74, 6) is 1.13. The molecule has 1 saturated carbocycles. The van der Waals surface area contributed by atoms with Crippen LogP contribution in [0.15, 0.2) is 16.5 Å². The third-order valence-corrected chi connectivity index (χ3v) is 3.31. The molecular weight excluding hydrogens is 240 g/mol. The predicted octanol–water partition coefficient (Wildman–Crippen LogP) is 1.97. The van der Waals surface area contributed by atoms with E-state index in [1.165, 1.54) is 6.42 Å². The summed E-state index contributed by atoms with van der Waals surface area (Å²) in [4.78, 5) is 0. The summed E-state index contributed by atoms with van der Waals surface area (Å²) in [5.41, 5.74) is 0.0916. The standard InChI is InChI=1S/C12H16N2O2.ClH/c13-8-10-2-3-11(16-10)9-14-12(6-7-15)4-1-5-12;/h2-3,14-15H,1,4-7,9H2;1H. The molecule has 1 aromatic heterocycles. The monoisotopic (exact) mass is 256 g/mol. The lowest BCUT2D eigenvalue weighted by atomic mass is 9.74. The van der Waals surface area contributed by atoms with E-state index in [0.29, 0.717) is 12.3 Å². The highest BCUT2D eigenvalue weighted by molar-refractivity contribution is 5.85. The Hall–Kier alpha value is -1.02. The molecule has 0 radical (unpaired) electrons. The van der Waals surface area contributed by atoms with Crippen LogP contribution in [0.3, 0.4) is 0 Å². The Morgan fingerprint density at radius 1 is 1.47 bits per heavy atom. The van der Waals surface area contributed by atoms with Crippen LogP contribution in [0.5, 0.6) is 0 Å². The van der Waals surface area contributed by atoms with Gasteiger partial charge in [0.15, 0.2) is 0 Å². The van der Waals surface area contributed by atoms with Gasteiger partial charge in [-0.25, -0.2) is 0 Å². The number of furan rings is 1. The fraction of sp³-hybridized carbons (Fsp3) is 0.583. The highest BCUT2D eigenvalue weighted by atomic mass is 35.5. The fourth-order valence-corrected chi connectivity index (χ4v) is 2.14. The Bertz CT molecular complexity index is 393. The second kappa shape index (κ2) is 6.06. The summed E-state index contributed by atoms with van der Waals surface area (Å²) in [7, 11) is 0. The van der Waals surface area contributed by atoms with E-state index in [4.69, 9.17) is 14.8 Å². The molecule has 0 atom stereocenters. The number of hydrogen-bond donors (Lipinski definition) is 2. The maximum Gasteiger partial charge on any atom is 0.203 e. The second-order valence-electron chi connectivity index (χ2n) is 4.34. The van der Waals surface area contributed by atoms with Crippen molar-refractivity contribution >= 4 is 12.4 Å². The summed E-state index contributed by atoms with van der Waals surface area (Å²) >= 11 is 0. The zero-order valence-electron chi connectivity index (χ0n) is 9.61. The van der Waals surface area contributed by atoms with Crippen LogP contribution in [0.4, 0.5) is 0 Å². The summed E-state index contributed by atoms with van der Waals surface area (Å²) in [6, 6.07) is 5.46. The van der Waals surface area contributed by atoms with E-state index in [-0.39, 0.29) is 24.6 Å². The van der Waals surface area contributed by atoms with Gasteiger partial charge in [0.1, 0.15) is 11.8 Å². The van der Waals surface area contributed by atoms with Crippen molar-refractivity contribution in [1.29, 1.82) is 5.26 Å². The molecule has 0 unspecified atom stereocenters. The van der Waals surface area contributed by atoms with Gasteiger partial charge >= 0.3 is 0 Å². The normalized spacial score (nSPS) is 16.7. The van der Waals surface area contributed by atoms with E-state index in [9.17, 15) is 0 Å². The molecule has 4 nitrogen and oxygen atoms in total. The Labute approximate surface area is 107 Å². The van der Waals surface area contributed by atoms with Gasteiger partial charge in [0, 0.05) is 12.1 Å². The van der Waals surface area contributed by atoms with E-state index in [1.807, 2.05) is 12.1 Å². The Balaban J connectivity index is 0.00000144. The smallest absolute Gasteiger partial charge is 0.203 e. The highest BCUT2D eigenvalue weighted by Gasteiger charge is 2.35. The molecule has 0 aromatic carbocycles. The SMILES string of the molecule is Cl.N#Cc1ccc(CNC2(CCO)CCC2)o1. The Morgan fingerprint density at radius 2 is 2.24 bits per heavy atom. The van der Waals surface area contributed by atoms with E-state index in [2.05, 4.69) is 5.32 Å². The summed E-state index contributed by atoms with van der Waals surface area (Å²) in [6.07, 6.45) is 4.23. The Morgan fingerprint density at radius 3 is 2.71 bits per heavy atom. The van der Waals surface area contributed by atoms with Gasteiger partial charge < -0.3 is 14.8 Å². The topological polar surface area (TPSA) is 69.2 Å². The first-order chi connectivity index (χ1) is 7.78. The van der Waals surface area contributed by atoms with Gasteiger partial charge in [0.05, 0.1) is 6.54 Å². The average molecular weight is 257 g/mol. The Kier molecular flexibility index (Phi) is 5.01. The van der Waals surface area contributed by atoms with Crippen molar-refractivity contribution < 1.29 is 9.52 Å². The number of hydrogen-bond acceptors (Lipinski definition) is 4. The molecule has 5 heteroatoms. The zero-order chi connectivity index (χ0) is 11.4. The molecular formula is C12H17ClN2O2. The molecule has 1 aromatic rings. The molecule has 0 saturated heterocycles. The van der Waals surface area contributed by atoms with Crippen molar-refractivity contribution in [3.05, 3.63) is 23.7 Å². The van der Waals surface area contributed by atoms with Gasteiger partial charge in [-0.1, -0.05) is 0 Å². The van der Waals surface area contributed by atoms with Crippen LogP contribution < -0.4 is 5.32 Å². The third-order valence-electron chi connectivity index (χ3n) is 3.31. The van der Waals surface area contributed by atoms with Gasteiger partial charge in [0.25, 0.3) is 0 Å². The highest BCUT2D eigenvalue weighted by Crippen LogP contribution is 2.34. The predicted molar refractivity (Wildman–Crippen MR) is 65.8 cm³/mol. The lowest BCUT2D eigenvalue weighted by Gasteiger charge is -2.42. The fourth-order valence-electron chi connectivity index (χ4n) is 2.14. The minimum absolute atomic E-state index is 0. The molecule has 0 spiro atoms. The van der Waals surface area contributed by atoms with Gasteiger partial charge in [-0.05, 0) is 37.8 Å². The molecule has 2 rings (SSSR count). The molecule has 1 aliphatic carbocycles. The number of nitrogens with zero attached hydrogens (tertiary/aromatic N) is 1. The third kappa shape index (κ3) is 3.22. The molecule has 1 fully saturated rings. The summed E-state index contributed by atoms with van der Waals surface area (Å²) < 4.78 is 5.29. The first kappa shape index (κ1) is 14.0. The van der Waals surface area contributed by atoms with E-state index >= 15 is 0 Å². The van der Waals surface area contributed by atoms with Crippen molar-refractivity contribution in [3.8, 4) is 6.07 Å².